The van der Waals surface area contributed by atoms with E-state index in [1.54, 1.807) is 11.3 Å². The van der Waals surface area contributed by atoms with Crippen LogP contribution in [0.4, 0.5) is 0 Å². The second-order valence-corrected chi connectivity index (χ2v) is 7.27. The molecule has 0 amide bonds. The molecule has 0 atom stereocenters. The van der Waals surface area contributed by atoms with Gasteiger partial charge in [0.05, 0.1) is 4.47 Å². The number of benzene rings is 3. The van der Waals surface area contributed by atoms with E-state index >= 15 is 0 Å². The van der Waals surface area contributed by atoms with E-state index in [2.05, 4.69) is 52.3 Å². The highest BCUT2D eigenvalue weighted by molar-refractivity contribution is 9.10. The Balaban J connectivity index is 2.00. The Kier molecular flexibility index (Phi) is 3.68. The Morgan fingerprint density at radius 2 is 1.57 bits per heavy atom. The lowest BCUT2D eigenvalue weighted by Gasteiger charge is -2.12. The second kappa shape index (κ2) is 5.84. The van der Waals surface area contributed by atoms with Gasteiger partial charge in [-0.1, -0.05) is 54.6 Å². The summed E-state index contributed by atoms with van der Waals surface area (Å²) in [5.74, 6) is 0.283. The van der Waals surface area contributed by atoms with E-state index in [0.29, 0.717) is 4.47 Å². The first-order valence-electron chi connectivity index (χ1n) is 7.30. The van der Waals surface area contributed by atoms with Crippen LogP contribution in [0.2, 0.25) is 0 Å². The third-order valence-corrected chi connectivity index (χ3v) is 5.67. The standard InChI is InChI=1S/C20H13BrOS/c21-16-11-10-15(18-12-14-8-4-5-9-17(14)23-18)19(20(16)22)13-6-2-1-3-7-13/h1-12,22H. The summed E-state index contributed by atoms with van der Waals surface area (Å²) in [6.45, 7) is 0. The van der Waals surface area contributed by atoms with Gasteiger partial charge in [-0.3, -0.25) is 0 Å². The van der Waals surface area contributed by atoms with Crippen LogP contribution < -0.4 is 0 Å². The maximum atomic E-state index is 10.6. The lowest BCUT2D eigenvalue weighted by Crippen LogP contribution is -1.85. The van der Waals surface area contributed by atoms with E-state index in [1.165, 1.54) is 10.1 Å². The number of hydrogen-bond acceptors (Lipinski definition) is 2. The van der Waals surface area contributed by atoms with Crippen LogP contribution in [0.25, 0.3) is 31.7 Å². The molecule has 1 N–H and O–H groups in total. The van der Waals surface area contributed by atoms with Crippen LogP contribution in [-0.2, 0) is 0 Å². The quantitative estimate of drug-likeness (QED) is 0.409. The summed E-state index contributed by atoms with van der Waals surface area (Å²) in [4.78, 5) is 1.16. The van der Waals surface area contributed by atoms with E-state index in [0.717, 1.165) is 21.6 Å². The highest BCUT2D eigenvalue weighted by Crippen LogP contribution is 2.45. The van der Waals surface area contributed by atoms with Crippen molar-refractivity contribution < 1.29 is 5.11 Å². The van der Waals surface area contributed by atoms with E-state index in [4.69, 9.17) is 0 Å². The van der Waals surface area contributed by atoms with Crippen molar-refractivity contribution in [3.8, 4) is 27.3 Å². The van der Waals surface area contributed by atoms with Gasteiger partial charge in [0.25, 0.3) is 0 Å². The van der Waals surface area contributed by atoms with E-state index in [9.17, 15) is 5.11 Å². The Labute approximate surface area is 147 Å². The molecule has 112 valence electrons. The fourth-order valence-electron chi connectivity index (χ4n) is 2.78. The Morgan fingerprint density at radius 1 is 0.826 bits per heavy atom. The molecule has 0 unspecified atom stereocenters. The number of phenolic OH excluding ortho intramolecular Hbond substituents is 1. The molecule has 1 nitrogen and oxygen atoms in total. The van der Waals surface area contributed by atoms with Crippen molar-refractivity contribution in [1.29, 1.82) is 0 Å². The van der Waals surface area contributed by atoms with E-state index in [-0.39, 0.29) is 5.75 Å². The first-order chi connectivity index (χ1) is 11.2. The van der Waals surface area contributed by atoms with Crippen LogP contribution in [0.3, 0.4) is 0 Å². The molecule has 0 saturated heterocycles. The molecule has 1 aromatic heterocycles. The number of halogens is 1. The van der Waals surface area contributed by atoms with Gasteiger partial charge in [0.1, 0.15) is 5.75 Å². The minimum absolute atomic E-state index is 0.283. The minimum atomic E-state index is 0.283. The number of fused-ring (bicyclic) bond motifs is 1. The van der Waals surface area contributed by atoms with Crippen molar-refractivity contribution in [1.82, 2.24) is 0 Å². The largest absolute Gasteiger partial charge is 0.506 e. The van der Waals surface area contributed by atoms with Gasteiger partial charge in [0, 0.05) is 20.7 Å². The number of rotatable bonds is 2. The monoisotopic (exact) mass is 380 g/mol. The molecule has 0 aliphatic rings. The molecule has 0 aliphatic carbocycles. The van der Waals surface area contributed by atoms with Gasteiger partial charge in [-0.25, -0.2) is 0 Å². The summed E-state index contributed by atoms with van der Waals surface area (Å²) < 4.78 is 1.96. The highest BCUT2D eigenvalue weighted by Gasteiger charge is 2.16. The maximum absolute atomic E-state index is 10.6. The van der Waals surface area contributed by atoms with Crippen LogP contribution in [0, 0.1) is 0 Å². The third kappa shape index (κ3) is 2.56. The van der Waals surface area contributed by atoms with Crippen molar-refractivity contribution in [3.63, 3.8) is 0 Å². The van der Waals surface area contributed by atoms with Gasteiger partial charge in [0.15, 0.2) is 0 Å². The van der Waals surface area contributed by atoms with Gasteiger partial charge in [-0.05, 0) is 45.1 Å². The average molecular weight is 381 g/mol. The molecule has 0 radical (unpaired) electrons. The van der Waals surface area contributed by atoms with Crippen LogP contribution in [0.1, 0.15) is 0 Å². The predicted octanol–water partition coefficient (Wildman–Crippen LogP) is 6.70. The minimum Gasteiger partial charge on any atom is -0.506 e. The Morgan fingerprint density at radius 3 is 2.35 bits per heavy atom. The highest BCUT2D eigenvalue weighted by atomic mass is 79.9. The summed E-state index contributed by atoms with van der Waals surface area (Å²) in [6.07, 6.45) is 0. The van der Waals surface area contributed by atoms with Crippen molar-refractivity contribution >= 4 is 37.4 Å². The SMILES string of the molecule is Oc1c(Br)ccc(-c2cc3ccccc3s2)c1-c1ccccc1. The predicted molar refractivity (Wildman–Crippen MR) is 102 cm³/mol. The van der Waals surface area contributed by atoms with E-state index < -0.39 is 0 Å². The first-order valence-corrected chi connectivity index (χ1v) is 8.91. The zero-order valence-electron chi connectivity index (χ0n) is 12.2. The van der Waals surface area contributed by atoms with Crippen molar-refractivity contribution in [3.05, 3.63) is 77.3 Å². The third-order valence-electron chi connectivity index (χ3n) is 3.88. The summed E-state index contributed by atoms with van der Waals surface area (Å²) >= 11 is 5.19. The molecular formula is C20H13BrOS. The fraction of sp³-hybridized carbons (Fsp3) is 0. The summed E-state index contributed by atoms with van der Waals surface area (Å²) in [5.41, 5.74) is 2.93. The van der Waals surface area contributed by atoms with Crippen molar-refractivity contribution in [2.75, 3.05) is 0 Å². The number of aromatic hydroxyl groups is 1. The normalized spacial score (nSPS) is 11.0. The summed E-state index contributed by atoms with van der Waals surface area (Å²) in [5, 5.41) is 11.9. The molecule has 0 saturated carbocycles. The van der Waals surface area contributed by atoms with Crippen LogP contribution in [0.15, 0.2) is 77.3 Å². The Hall–Kier alpha value is -2.10. The molecule has 4 aromatic rings. The van der Waals surface area contributed by atoms with Crippen molar-refractivity contribution in [2.24, 2.45) is 0 Å². The van der Waals surface area contributed by atoms with Gasteiger partial charge in [-0.15, -0.1) is 11.3 Å². The summed E-state index contributed by atoms with van der Waals surface area (Å²) in [6, 6.07) is 24.5. The summed E-state index contributed by atoms with van der Waals surface area (Å²) in [7, 11) is 0. The van der Waals surface area contributed by atoms with Crippen LogP contribution in [-0.4, -0.2) is 5.11 Å². The molecular weight excluding hydrogens is 368 g/mol. The molecule has 0 bridgehead atoms. The molecule has 23 heavy (non-hydrogen) atoms. The average Bonchev–Trinajstić information content (AvgIpc) is 3.02. The number of hydrogen-bond donors (Lipinski definition) is 1. The topological polar surface area (TPSA) is 20.2 Å². The van der Waals surface area contributed by atoms with Crippen LogP contribution >= 0.6 is 27.3 Å². The number of phenols is 1. The zero-order chi connectivity index (χ0) is 15.8. The van der Waals surface area contributed by atoms with E-state index in [1.807, 2.05) is 36.4 Å². The van der Waals surface area contributed by atoms with Crippen molar-refractivity contribution in [2.45, 2.75) is 0 Å². The lowest BCUT2D eigenvalue weighted by molar-refractivity contribution is 0.474. The molecule has 1 heterocycles. The smallest absolute Gasteiger partial charge is 0.138 e. The lowest BCUT2D eigenvalue weighted by atomic mass is 9.97. The fourth-order valence-corrected chi connectivity index (χ4v) is 4.21. The van der Waals surface area contributed by atoms with Gasteiger partial charge < -0.3 is 5.11 Å². The maximum Gasteiger partial charge on any atom is 0.138 e. The molecule has 0 spiro atoms. The molecule has 0 aliphatic heterocycles. The Bertz CT molecular complexity index is 956. The molecule has 0 fully saturated rings. The molecule has 3 aromatic carbocycles. The molecule has 4 rings (SSSR count). The van der Waals surface area contributed by atoms with Gasteiger partial charge in [0.2, 0.25) is 0 Å². The zero-order valence-corrected chi connectivity index (χ0v) is 14.6. The van der Waals surface area contributed by atoms with Gasteiger partial charge >= 0.3 is 0 Å². The first kappa shape index (κ1) is 14.5. The van der Waals surface area contributed by atoms with Gasteiger partial charge in [-0.2, -0.15) is 0 Å². The van der Waals surface area contributed by atoms with Crippen LogP contribution in [0.5, 0.6) is 5.75 Å². The number of thiophene rings is 1. The molecule has 3 heteroatoms. The second-order valence-electron chi connectivity index (χ2n) is 5.33.